The van der Waals surface area contributed by atoms with Gasteiger partial charge in [0.2, 0.25) is 11.8 Å². The largest absolute Gasteiger partial charge is 0.444 e. The molecule has 0 aliphatic carbocycles. The Morgan fingerprint density at radius 3 is 2.12 bits per heavy atom. The molecule has 4 aromatic carbocycles. The summed E-state index contributed by atoms with van der Waals surface area (Å²) < 4.78 is 5.33. The van der Waals surface area contributed by atoms with E-state index < -0.39 is 11.7 Å². The van der Waals surface area contributed by atoms with E-state index in [1.807, 2.05) is 91.0 Å². The Morgan fingerprint density at radius 2 is 1.41 bits per heavy atom. The van der Waals surface area contributed by atoms with Crippen molar-refractivity contribution in [2.75, 3.05) is 9.80 Å². The van der Waals surface area contributed by atoms with E-state index in [1.165, 1.54) is 0 Å². The minimum atomic E-state index is -0.601. The number of carbonyl (C=O) groups excluding carboxylic acids is 3. The number of benzene rings is 4. The molecule has 0 bridgehead atoms. The molecule has 41 heavy (non-hydrogen) atoms. The molecule has 4 aromatic rings. The molecule has 0 fully saturated rings. The lowest BCUT2D eigenvalue weighted by atomic mass is 10.0. The number of alkyl carbamates (subject to hydrolysis) is 1. The molecule has 0 atom stereocenters. The molecule has 3 amide bonds. The van der Waals surface area contributed by atoms with Crippen molar-refractivity contribution in [1.82, 2.24) is 5.32 Å². The molecule has 0 saturated carbocycles. The molecule has 208 valence electrons. The lowest BCUT2D eigenvalue weighted by Gasteiger charge is -2.26. The SMILES string of the molecule is CC(C)(C)OC(=O)NCc1cccc(N2C(=O)CC(=O)N(Cc3ccc(-c4ccccc4)cc3)c3ccccc32)c1. The lowest BCUT2D eigenvalue weighted by Crippen LogP contribution is -2.32. The van der Waals surface area contributed by atoms with E-state index in [4.69, 9.17) is 4.74 Å². The van der Waals surface area contributed by atoms with Gasteiger partial charge in [-0.15, -0.1) is 0 Å². The second-order valence-corrected chi connectivity index (χ2v) is 11.0. The van der Waals surface area contributed by atoms with Gasteiger partial charge < -0.3 is 15.0 Å². The van der Waals surface area contributed by atoms with Crippen molar-refractivity contribution in [3.63, 3.8) is 0 Å². The van der Waals surface area contributed by atoms with Gasteiger partial charge in [0, 0.05) is 12.2 Å². The Hall–Kier alpha value is -4.91. The first-order valence-corrected chi connectivity index (χ1v) is 13.6. The monoisotopic (exact) mass is 547 g/mol. The van der Waals surface area contributed by atoms with Gasteiger partial charge in [0.05, 0.1) is 17.9 Å². The molecule has 5 rings (SSSR count). The summed E-state index contributed by atoms with van der Waals surface area (Å²) in [5.41, 5.74) is 5.28. The van der Waals surface area contributed by atoms with Gasteiger partial charge in [0.1, 0.15) is 12.0 Å². The fourth-order valence-electron chi connectivity index (χ4n) is 4.82. The summed E-state index contributed by atoms with van der Waals surface area (Å²) in [5.74, 6) is -0.582. The van der Waals surface area contributed by atoms with E-state index in [1.54, 1.807) is 30.6 Å². The normalized spacial score (nSPS) is 13.4. The number of anilines is 3. The number of fused-ring (bicyclic) bond motifs is 1. The summed E-state index contributed by atoms with van der Waals surface area (Å²) in [6.45, 7) is 5.99. The van der Waals surface area contributed by atoms with Gasteiger partial charge in [0.25, 0.3) is 0 Å². The lowest BCUT2D eigenvalue weighted by molar-refractivity contribution is -0.125. The van der Waals surface area contributed by atoms with Crippen LogP contribution in [0.15, 0.2) is 103 Å². The standard InChI is InChI=1S/C34H33N3O4/c1-34(2,3)41-33(40)35-22-25-10-9-13-28(20-25)37-30-15-8-7-14-29(30)36(31(38)21-32(37)39)23-24-16-18-27(19-17-24)26-11-5-4-6-12-26/h4-20H,21-23H2,1-3H3,(H,35,40). The summed E-state index contributed by atoms with van der Waals surface area (Å²) in [4.78, 5) is 42.4. The van der Waals surface area contributed by atoms with Crippen LogP contribution < -0.4 is 15.1 Å². The van der Waals surface area contributed by atoms with Crippen LogP contribution in [0, 0.1) is 0 Å². The zero-order chi connectivity index (χ0) is 29.0. The molecule has 0 spiro atoms. The third-order valence-electron chi connectivity index (χ3n) is 6.67. The second kappa shape index (κ2) is 11.7. The van der Waals surface area contributed by atoms with Gasteiger partial charge in [-0.05, 0) is 67.3 Å². The first-order valence-electron chi connectivity index (χ1n) is 13.6. The van der Waals surface area contributed by atoms with Gasteiger partial charge in [-0.2, -0.15) is 0 Å². The Kier molecular flexibility index (Phi) is 7.88. The highest BCUT2D eigenvalue weighted by Gasteiger charge is 2.32. The Bertz CT molecular complexity index is 1560. The van der Waals surface area contributed by atoms with Crippen molar-refractivity contribution < 1.29 is 19.1 Å². The second-order valence-electron chi connectivity index (χ2n) is 11.0. The van der Waals surface area contributed by atoms with Crippen LogP contribution in [0.4, 0.5) is 21.9 Å². The summed E-state index contributed by atoms with van der Waals surface area (Å²) in [5, 5.41) is 2.76. The molecule has 7 heteroatoms. The smallest absolute Gasteiger partial charge is 0.407 e. The molecule has 0 unspecified atom stereocenters. The van der Waals surface area contributed by atoms with E-state index in [9.17, 15) is 14.4 Å². The van der Waals surface area contributed by atoms with E-state index in [-0.39, 0.29) is 24.8 Å². The van der Waals surface area contributed by atoms with Crippen LogP contribution in [-0.2, 0) is 27.4 Å². The predicted octanol–water partition coefficient (Wildman–Crippen LogP) is 6.98. The van der Waals surface area contributed by atoms with Gasteiger partial charge in [0.15, 0.2) is 0 Å². The Balaban J connectivity index is 1.40. The number of rotatable bonds is 6. The van der Waals surface area contributed by atoms with Crippen molar-refractivity contribution in [3.8, 4) is 11.1 Å². The number of hydrogen-bond acceptors (Lipinski definition) is 4. The maximum Gasteiger partial charge on any atom is 0.407 e. The average molecular weight is 548 g/mol. The molecule has 0 saturated heterocycles. The first kappa shape index (κ1) is 27.6. The van der Waals surface area contributed by atoms with Crippen LogP contribution in [0.3, 0.4) is 0 Å². The number of para-hydroxylation sites is 2. The number of hydrogen-bond donors (Lipinski definition) is 1. The van der Waals surface area contributed by atoms with E-state index >= 15 is 0 Å². The zero-order valence-electron chi connectivity index (χ0n) is 23.5. The number of carbonyl (C=O) groups is 3. The van der Waals surface area contributed by atoms with Crippen LogP contribution in [-0.4, -0.2) is 23.5 Å². The van der Waals surface area contributed by atoms with Crippen LogP contribution in [0.1, 0.15) is 38.3 Å². The van der Waals surface area contributed by atoms with Crippen molar-refractivity contribution in [2.45, 2.75) is 45.9 Å². The van der Waals surface area contributed by atoms with Gasteiger partial charge in [-0.3, -0.25) is 14.5 Å². The minimum absolute atomic E-state index is 0.233. The van der Waals surface area contributed by atoms with Gasteiger partial charge >= 0.3 is 6.09 Å². The fourth-order valence-corrected chi connectivity index (χ4v) is 4.82. The third kappa shape index (κ3) is 6.64. The summed E-state index contributed by atoms with van der Waals surface area (Å²) in [6, 6.07) is 33.1. The number of ether oxygens (including phenoxy) is 1. The molecule has 1 aliphatic heterocycles. The zero-order valence-corrected chi connectivity index (χ0v) is 23.5. The number of nitrogens with zero attached hydrogens (tertiary/aromatic N) is 2. The van der Waals surface area contributed by atoms with Crippen molar-refractivity contribution in [1.29, 1.82) is 0 Å². The van der Waals surface area contributed by atoms with Crippen molar-refractivity contribution >= 4 is 35.0 Å². The van der Waals surface area contributed by atoms with Crippen molar-refractivity contribution in [3.05, 3.63) is 114 Å². The molecular formula is C34H33N3O4. The molecule has 1 heterocycles. The highest BCUT2D eigenvalue weighted by Crippen LogP contribution is 2.39. The quantitative estimate of drug-likeness (QED) is 0.264. The minimum Gasteiger partial charge on any atom is -0.444 e. The molecule has 7 nitrogen and oxygen atoms in total. The topological polar surface area (TPSA) is 79.0 Å². The summed E-state index contributed by atoms with van der Waals surface area (Å²) in [7, 11) is 0. The summed E-state index contributed by atoms with van der Waals surface area (Å²) in [6.07, 6.45) is -0.783. The third-order valence-corrected chi connectivity index (χ3v) is 6.67. The fraction of sp³-hybridized carbons (Fsp3) is 0.206. The highest BCUT2D eigenvalue weighted by atomic mass is 16.6. The van der Waals surface area contributed by atoms with Crippen LogP contribution in [0.2, 0.25) is 0 Å². The van der Waals surface area contributed by atoms with Crippen LogP contribution in [0.5, 0.6) is 0 Å². The van der Waals surface area contributed by atoms with E-state index in [2.05, 4.69) is 17.4 Å². The maximum absolute atomic E-state index is 13.5. The predicted molar refractivity (Wildman–Crippen MR) is 161 cm³/mol. The van der Waals surface area contributed by atoms with Gasteiger partial charge in [-0.25, -0.2) is 4.79 Å². The molecule has 1 aliphatic rings. The van der Waals surface area contributed by atoms with E-state index in [0.717, 1.165) is 22.3 Å². The Labute approximate surface area is 240 Å². The molecule has 1 N–H and O–H groups in total. The van der Waals surface area contributed by atoms with Crippen LogP contribution >= 0.6 is 0 Å². The number of amides is 3. The average Bonchev–Trinajstić information content (AvgIpc) is 3.05. The Morgan fingerprint density at radius 1 is 0.756 bits per heavy atom. The first-order chi connectivity index (χ1) is 19.7. The molecule has 0 aromatic heterocycles. The maximum atomic E-state index is 13.5. The van der Waals surface area contributed by atoms with Crippen LogP contribution in [0.25, 0.3) is 11.1 Å². The molecule has 0 radical (unpaired) electrons. The van der Waals surface area contributed by atoms with Gasteiger partial charge in [-0.1, -0.05) is 78.9 Å². The van der Waals surface area contributed by atoms with E-state index in [0.29, 0.717) is 23.6 Å². The highest BCUT2D eigenvalue weighted by molar-refractivity contribution is 6.18. The number of nitrogens with one attached hydrogen (secondary N) is 1. The summed E-state index contributed by atoms with van der Waals surface area (Å²) >= 11 is 0. The van der Waals surface area contributed by atoms with Crippen molar-refractivity contribution in [2.24, 2.45) is 0 Å². The molecular weight excluding hydrogens is 514 g/mol.